The molecule has 0 spiro atoms. The molecule has 114 valence electrons. The van der Waals surface area contributed by atoms with Crippen molar-refractivity contribution >= 4 is 31.6 Å². The maximum Gasteiger partial charge on any atom is 0.240 e. The highest BCUT2D eigenvalue weighted by Gasteiger charge is 2.25. The molecule has 0 fully saturated rings. The number of nitrogens with two attached hydrogens (primary N) is 1. The lowest BCUT2D eigenvalue weighted by Gasteiger charge is -2.32. The molecule has 0 aliphatic heterocycles. The summed E-state index contributed by atoms with van der Waals surface area (Å²) in [6.45, 7) is 6.00. The lowest BCUT2D eigenvalue weighted by atomic mass is 10.1. The van der Waals surface area contributed by atoms with E-state index in [2.05, 4.69) is 20.7 Å². The summed E-state index contributed by atoms with van der Waals surface area (Å²) in [6, 6.07) is 3.19. The highest BCUT2D eigenvalue weighted by molar-refractivity contribution is 9.10. The number of likely N-dealkylation sites (N-methyl/N-ethyl adjacent to an activating group) is 1. The van der Waals surface area contributed by atoms with Gasteiger partial charge in [0.2, 0.25) is 10.0 Å². The minimum absolute atomic E-state index is 0.216. The fraction of sp³-hybridized carbons (Fsp3) is 0.538. The number of nitrogens with one attached hydrogen (secondary N) is 1. The number of aryl methyl sites for hydroxylation is 1. The molecular weight excluding hydrogens is 342 g/mol. The van der Waals surface area contributed by atoms with Crippen LogP contribution in [0, 0.1) is 6.92 Å². The number of halogens is 1. The van der Waals surface area contributed by atoms with Crippen LogP contribution in [0.1, 0.15) is 19.4 Å². The number of anilines is 1. The predicted molar refractivity (Wildman–Crippen MR) is 86.2 cm³/mol. The van der Waals surface area contributed by atoms with Gasteiger partial charge in [-0.25, -0.2) is 13.1 Å². The first kappa shape index (κ1) is 17.4. The molecule has 0 saturated heterocycles. The van der Waals surface area contributed by atoms with Gasteiger partial charge in [0, 0.05) is 22.2 Å². The van der Waals surface area contributed by atoms with Crippen molar-refractivity contribution in [1.29, 1.82) is 0 Å². The van der Waals surface area contributed by atoms with E-state index in [4.69, 9.17) is 5.73 Å². The number of benzene rings is 1. The molecule has 0 bridgehead atoms. The summed E-state index contributed by atoms with van der Waals surface area (Å²) in [7, 11) is 0.253. The van der Waals surface area contributed by atoms with Gasteiger partial charge in [0.15, 0.2) is 0 Å². The van der Waals surface area contributed by atoms with Gasteiger partial charge in [-0.2, -0.15) is 0 Å². The van der Waals surface area contributed by atoms with E-state index >= 15 is 0 Å². The van der Waals surface area contributed by atoms with Crippen LogP contribution in [-0.4, -0.2) is 39.5 Å². The second kappa shape index (κ2) is 6.01. The zero-order chi connectivity index (χ0) is 15.7. The quantitative estimate of drug-likeness (QED) is 0.784. The van der Waals surface area contributed by atoms with Gasteiger partial charge < -0.3 is 10.6 Å². The lowest BCUT2D eigenvalue weighted by molar-refractivity contribution is 0.199. The van der Waals surface area contributed by atoms with Crippen LogP contribution in [0.15, 0.2) is 21.5 Å². The first-order valence-electron chi connectivity index (χ1n) is 6.20. The van der Waals surface area contributed by atoms with E-state index in [1.165, 1.54) is 6.07 Å². The molecule has 20 heavy (non-hydrogen) atoms. The molecule has 0 amide bonds. The van der Waals surface area contributed by atoms with E-state index in [-0.39, 0.29) is 10.4 Å². The smallest absolute Gasteiger partial charge is 0.240 e. The zero-order valence-corrected chi connectivity index (χ0v) is 14.9. The predicted octanol–water partition coefficient (Wildman–Crippen LogP) is 1.96. The third-order valence-electron chi connectivity index (χ3n) is 3.49. The second-order valence-corrected chi connectivity index (χ2v) is 8.26. The molecule has 3 N–H and O–H groups in total. The van der Waals surface area contributed by atoms with Crippen molar-refractivity contribution in [3.63, 3.8) is 0 Å². The molecular formula is C13H22BrN3O2S. The summed E-state index contributed by atoms with van der Waals surface area (Å²) >= 11 is 3.29. The van der Waals surface area contributed by atoms with E-state index in [9.17, 15) is 8.42 Å². The van der Waals surface area contributed by atoms with Gasteiger partial charge in [-0.1, -0.05) is 0 Å². The zero-order valence-electron chi connectivity index (χ0n) is 12.5. The second-order valence-electron chi connectivity index (χ2n) is 5.67. The van der Waals surface area contributed by atoms with Crippen molar-refractivity contribution in [3.8, 4) is 0 Å². The number of nitrogen functional groups attached to an aromatic ring is 1. The standard InChI is InChI=1S/C13H22BrN3O2S/c1-9-6-10(14)11(15)7-12(9)20(18,19)16-8-13(2,3)17(4)5/h6-7,16H,8,15H2,1-5H3. The molecule has 0 heterocycles. The average molecular weight is 364 g/mol. The first-order valence-corrected chi connectivity index (χ1v) is 8.48. The van der Waals surface area contributed by atoms with Gasteiger partial charge >= 0.3 is 0 Å². The monoisotopic (exact) mass is 363 g/mol. The molecule has 0 saturated carbocycles. The van der Waals surface area contributed by atoms with Crippen molar-refractivity contribution in [3.05, 3.63) is 22.2 Å². The number of hydrogen-bond donors (Lipinski definition) is 2. The Hall–Kier alpha value is -0.630. The van der Waals surface area contributed by atoms with Gasteiger partial charge in [0.05, 0.1) is 4.90 Å². The van der Waals surface area contributed by atoms with Gasteiger partial charge in [-0.3, -0.25) is 0 Å². The van der Waals surface area contributed by atoms with E-state index < -0.39 is 10.0 Å². The summed E-state index contributed by atoms with van der Waals surface area (Å²) in [4.78, 5) is 2.19. The van der Waals surface area contributed by atoms with Crippen LogP contribution >= 0.6 is 15.9 Å². The van der Waals surface area contributed by atoms with Crippen LogP contribution in [0.2, 0.25) is 0 Å². The van der Waals surface area contributed by atoms with Crippen molar-refractivity contribution in [2.24, 2.45) is 0 Å². The topological polar surface area (TPSA) is 75.4 Å². The van der Waals surface area contributed by atoms with Crippen molar-refractivity contribution in [2.45, 2.75) is 31.2 Å². The maximum atomic E-state index is 12.4. The summed E-state index contributed by atoms with van der Waals surface area (Å²) < 4.78 is 28.1. The Morgan fingerprint density at radius 2 is 1.90 bits per heavy atom. The molecule has 0 atom stereocenters. The molecule has 1 aromatic rings. The molecule has 1 rings (SSSR count). The van der Waals surface area contributed by atoms with Crippen LogP contribution in [0.5, 0.6) is 0 Å². The normalized spacial score (nSPS) is 12.9. The summed E-state index contributed by atoms with van der Waals surface area (Å²) in [5.41, 5.74) is 6.55. The minimum atomic E-state index is -3.57. The highest BCUT2D eigenvalue weighted by atomic mass is 79.9. The minimum Gasteiger partial charge on any atom is -0.398 e. The average Bonchev–Trinajstić information content (AvgIpc) is 2.31. The molecule has 0 aliphatic rings. The Kier molecular flexibility index (Phi) is 5.23. The maximum absolute atomic E-state index is 12.4. The van der Waals surface area contributed by atoms with E-state index in [1.807, 2.05) is 32.8 Å². The fourth-order valence-corrected chi connectivity index (χ4v) is 3.39. The van der Waals surface area contributed by atoms with Gasteiger partial charge in [-0.15, -0.1) is 0 Å². The third kappa shape index (κ3) is 3.94. The van der Waals surface area contributed by atoms with Crippen LogP contribution in [0.3, 0.4) is 0 Å². The largest absolute Gasteiger partial charge is 0.398 e. The molecule has 1 aromatic carbocycles. The molecule has 5 nitrogen and oxygen atoms in total. The molecule has 0 unspecified atom stereocenters. The highest BCUT2D eigenvalue weighted by Crippen LogP contribution is 2.26. The van der Waals surface area contributed by atoms with Gasteiger partial charge in [-0.05, 0) is 68.5 Å². The lowest BCUT2D eigenvalue weighted by Crippen LogP contribution is -2.48. The molecule has 0 radical (unpaired) electrons. The van der Waals surface area contributed by atoms with Crippen molar-refractivity contribution in [2.75, 3.05) is 26.4 Å². The van der Waals surface area contributed by atoms with E-state index in [0.29, 0.717) is 22.3 Å². The van der Waals surface area contributed by atoms with Crippen LogP contribution in [0.4, 0.5) is 5.69 Å². The summed E-state index contributed by atoms with van der Waals surface area (Å²) in [5, 5.41) is 0. The number of nitrogens with zero attached hydrogens (tertiary/aromatic N) is 1. The summed E-state index contributed by atoms with van der Waals surface area (Å²) in [6.07, 6.45) is 0. The summed E-state index contributed by atoms with van der Waals surface area (Å²) in [5.74, 6) is 0. The van der Waals surface area contributed by atoms with Crippen LogP contribution < -0.4 is 10.5 Å². The molecule has 0 aliphatic carbocycles. The number of sulfonamides is 1. The molecule has 7 heteroatoms. The number of hydrogen-bond acceptors (Lipinski definition) is 4. The Morgan fingerprint density at radius 1 is 1.35 bits per heavy atom. The fourth-order valence-electron chi connectivity index (χ4n) is 1.47. The van der Waals surface area contributed by atoms with Crippen LogP contribution in [0.25, 0.3) is 0 Å². The Labute approximate surface area is 129 Å². The van der Waals surface area contributed by atoms with Gasteiger partial charge in [0.25, 0.3) is 0 Å². The Bertz CT molecular complexity index is 598. The van der Waals surface area contributed by atoms with Crippen molar-refractivity contribution in [1.82, 2.24) is 9.62 Å². The first-order chi connectivity index (χ1) is 8.97. The third-order valence-corrected chi connectivity index (χ3v) is 5.72. The molecule has 0 aromatic heterocycles. The SMILES string of the molecule is Cc1cc(Br)c(N)cc1S(=O)(=O)NCC(C)(C)N(C)C. The van der Waals surface area contributed by atoms with Gasteiger partial charge in [0.1, 0.15) is 0 Å². The van der Waals surface area contributed by atoms with E-state index in [1.54, 1.807) is 13.0 Å². The Balaban J connectivity index is 3.04. The van der Waals surface area contributed by atoms with Crippen molar-refractivity contribution < 1.29 is 8.42 Å². The Morgan fingerprint density at radius 3 is 2.40 bits per heavy atom. The number of rotatable bonds is 5. The van der Waals surface area contributed by atoms with E-state index in [0.717, 1.165) is 0 Å². The van der Waals surface area contributed by atoms with Crippen LogP contribution in [-0.2, 0) is 10.0 Å².